The quantitative estimate of drug-likeness (QED) is 0.222. The molecule has 0 spiro atoms. The van der Waals surface area contributed by atoms with Crippen LogP contribution in [0.4, 0.5) is 0 Å². The second-order valence-electron chi connectivity index (χ2n) is 0.925. The molecule has 0 aromatic carbocycles. The predicted octanol–water partition coefficient (Wildman–Crippen LogP) is 1.05. The van der Waals surface area contributed by atoms with Crippen LogP contribution in [0.1, 0.15) is 0 Å². The minimum atomic E-state index is -0.266. The standard InChI is InChI=1S/C6H4O/c1-3-4-5-6(2)7/h1-2,4-5H/p+1/b5-4+. The number of rotatable bonds is 1. The van der Waals surface area contributed by atoms with Gasteiger partial charge in [0.15, 0.2) is 0 Å². The molecule has 0 aromatic rings. The summed E-state index contributed by atoms with van der Waals surface area (Å²) in [5.41, 5.74) is 0. The lowest BCUT2D eigenvalue weighted by Crippen LogP contribution is -1.63. The topological polar surface area (TPSA) is 20.2 Å². The van der Waals surface area contributed by atoms with Gasteiger partial charge < -0.3 is 5.11 Å². The third-order valence-electron chi connectivity index (χ3n) is 0.350. The summed E-state index contributed by atoms with van der Waals surface area (Å²) in [5, 5.41) is 8.20. The van der Waals surface area contributed by atoms with Crippen molar-refractivity contribution in [2.24, 2.45) is 0 Å². The van der Waals surface area contributed by atoms with E-state index in [9.17, 15) is 0 Å². The SMILES string of the molecule is C#C/C=C/C(=[CH+])O. The minimum absolute atomic E-state index is 0.266. The molecule has 0 aliphatic heterocycles. The molecule has 1 N–H and O–H groups in total. The summed E-state index contributed by atoms with van der Waals surface area (Å²) in [5.74, 6) is 1.89. The van der Waals surface area contributed by atoms with Crippen LogP contribution < -0.4 is 0 Å². The van der Waals surface area contributed by atoms with Gasteiger partial charge in [0.05, 0.1) is 12.7 Å². The van der Waals surface area contributed by atoms with Crippen LogP contribution in [0.3, 0.4) is 0 Å². The van der Waals surface area contributed by atoms with Crippen LogP contribution in [0.5, 0.6) is 0 Å². The van der Waals surface area contributed by atoms with Crippen molar-refractivity contribution in [1.82, 2.24) is 0 Å². The minimum Gasteiger partial charge on any atom is -0.471 e. The first kappa shape index (κ1) is 5.75. The van der Waals surface area contributed by atoms with Crippen molar-refractivity contribution in [3.63, 3.8) is 0 Å². The molecular formula is C6H5O+. The third-order valence-corrected chi connectivity index (χ3v) is 0.350. The molecule has 0 rings (SSSR count). The zero-order valence-electron chi connectivity index (χ0n) is 3.76. The van der Waals surface area contributed by atoms with E-state index in [0.29, 0.717) is 0 Å². The number of terminal acetylenes is 1. The highest BCUT2D eigenvalue weighted by molar-refractivity contribution is 5.16. The van der Waals surface area contributed by atoms with Gasteiger partial charge in [0.2, 0.25) is 0 Å². The maximum Gasteiger partial charge on any atom is 0.339 e. The lowest BCUT2D eigenvalue weighted by molar-refractivity contribution is 0.433. The Morgan fingerprint density at radius 1 is 1.86 bits per heavy atom. The summed E-state index contributed by atoms with van der Waals surface area (Å²) in [6.45, 7) is 4.77. The second-order valence-corrected chi connectivity index (χ2v) is 0.925. The average molecular weight is 93.1 g/mol. The molecule has 7 heavy (non-hydrogen) atoms. The fraction of sp³-hybridized carbons (Fsp3) is 0. The van der Waals surface area contributed by atoms with Gasteiger partial charge in [-0.2, -0.15) is 0 Å². The van der Waals surface area contributed by atoms with Crippen molar-refractivity contribution in [3.8, 4) is 12.3 Å². The summed E-state index contributed by atoms with van der Waals surface area (Å²) in [6.07, 6.45) is 7.31. The van der Waals surface area contributed by atoms with Gasteiger partial charge in [-0.3, -0.25) is 0 Å². The molecule has 0 amide bonds. The van der Waals surface area contributed by atoms with Gasteiger partial charge in [0, 0.05) is 0 Å². The zero-order valence-corrected chi connectivity index (χ0v) is 3.76. The van der Waals surface area contributed by atoms with E-state index in [-0.39, 0.29) is 5.76 Å². The molecule has 0 aliphatic carbocycles. The molecule has 1 heteroatoms. The molecule has 0 radical (unpaired) electrons. The molecule has 0 fully saturated rings. The largest absolute Gasteiger partial charge is 0.471 e. The third kappa shape index (κ3) is 4.75. The second kappa shape index (κ2) is 2.96. The summed E-state index contributed by atoms with van der Waals surface area (Å²) in [4.78, 5) is 0. The van der Waals surface area contributed by atoms with E-state index in [1.807, 2.05) is 0 Å². The molecule has 0 unspecified atom stereocenters. The van der Waals surface area contributed by atoms with Gasteiger partial charge in [0.25, 0.3) is 0 Å². The van der Waals surface area contributed by atoms with Gasteiger partial charge in [-0.25, -0.2) is 0 Å². The Kier molecular flexibility index (Phi) is 2.43. The monoisotopic (exact) mass is 93.0 g/mol. The highest BCUT2D eigenvalue weighted by atomic mass is 16.3. The maximum atomic E-state index is 8.20. The van der Waals surface area contributed by atoms with E-state index in [1.54, 1.807) is 0 Å². The van der Waals surface area contributed by atoms with Crippen molar-refractivity contribution >= 4 is 0 Å². The average Bonchev–Trinajstić information content (AvgIpc) is 1.61. The fourth-order valence-electron chi connectivity index (χ4n) is 0.133. The summed E-state index contributed by atoms with van der Waals surface area (Å²) < 4.78 is 0. The molecule has 34 valence electrons. The lowest BCUT2D eigenvalue weighted by atomic mass is 10.5. The van der Waals surface area contributed by atoms with Gasteiger partial charge in [-0.05, 0) is 0 Å². The first-order valence-corrected chi connectivity index (χ1v) is 1.71. The molecular weight excluding hydrogens is 88.1 g/mol. The van der Waals surface area contributed by atoms with E-state index in [0.717, 1.165) is 0 Å². The number of allylic oxidation sites excluding steroid dienone is 2. The zero-order chi connectivity index (χ0) is 5.70. The molecule has 0 bridgehead atoms. The Bertz CT molecular complexity index is 126. The van der Waals surface area contributed by atoms with Crippen LogP contribution in [0, 0.1) is 18.9 Å². The lowest BCUT2D eigenvalue weighted by Gasteiger charge is -1.63. The number of aliphatic hydroxyl groups excluding tert-OH is 1. The Balaban J connectivity index is 3.53. The highest BCUT2D eigenvalue weighted by Crippen LogP contribution is 1.80. The van der Waals surface area contributed by atoms with Crippen molar-refractivity contribution in [2.45, 2.75) is 0 Å². The fourth-order valence-corrected chi connectivity index (χ4v) is 0.133. The van der Waals surface area contributed by atoms with Crippen LogP contribution in [0.25, 0.3) is 0 Å². The molecule has 0 atom stereocenters. The van der Waals surface area contributed by atoms with E-state index >= 15 is 0 Å². The molecule has 0 saturated heterocycles. The Morgan fingerprint density at radius 3 is 2.57 bits per heavy atom. The number of aliphatic hydroxyl groups is 1. The van der Waals surface area contributed by atoms with Gasteiger partial charge in [-0.15, -0.1) is 6.42 Å². The van der Waals surface area contributed by atoms with Crippen molar-refractivity contribution < 1.29 is 5.11 Å². The van der Waals surface area contributed by atoms with Gasteiger partial charge in [0.1, 0.15) is 6.08 Å². The normalized spacial score (nSPS) is 8.29. The predicted molar refractivity (Wildman–Crippen MR) is 28.4 cm³/mol. The first-order chi connectivity index (χ1) is 3.27. The van der Waals surface area contributed by atoms with Gasteiger partial charge >= 0.3 is 5.76 Å². The van der Waals surface area contributed by atoms with Crippen molar-refractivity contribution in [2.75, 3.05) is 0 Å². The van der Waals surface area contributed by atoms with E-state index in [4.69, 9.17) is 18.1 Å². The van der Waals surface area contributed by atoms with Crippen LogP contribution in [-0.4, -0.2) is 5.11 Å². The first-order valence-electron chi connectivity index (χ1n) is 1.71. The Hall–Kier alpha value is -1.25. The summed E-state index contributed by atoms with van der Waals surface area (Å²) in [7, 11) is 0. The molecule has 0 aromatic heterocycles. The number of hydrogen-bond donors (Lipinski definition) is 1. The number of hydrogen-bond acceptors (Lipinski definition) is 1. The van der Waals surface area contributed by atoms with E-state index < -0.39 is 0 Å². The van der Waals surface area contributed by atoms with Crippen molar-refractivity contribution in [1.29, 1.82) is 0 Å². The Morgan fingerprint density at radius 2 is 2.43 bits per heavy atom. The summed E-state index contributed by atoms with van der Waals surface area (Å²) in [6, 6.07) is 0. The molecule has 0 saturated carbocycles. The van der Waals surface area contributed by atoms with Crippen LogP contribution in [0.15, 0.2) is 17.9 Å². The maximum absolute atomic E-state index is 8.20. The molecule has 1 nitrogen and oxygen atoms in total. The summed E-state index contributed by atoms with van der Waals surface area (Å²) >= 11 is 0. The molecule has 0 heterocycles. The van der Waals surface area contributed by atoms with E-state index in [2.05, 4.69) is 5.92 Å². The van der Waals surface area contributed by atoms with Crippen LogP contribution in [-0.2, 0) is 0 Å². The van der Waals surface area contributed by atoms with Crippen LogP contribution in [0.2, 0.25) is 0 Å². The smallest absolute Gasteiger partial charge is 0.339 e. The Labute approximate surface area is 43.0 Å². The van der Waals surface area contributed by atoms with Gasteiger partial charge in [-0.1, -0.05) is 5.92 Å². The van der Waals surface area contributed by atoms with Crippen LogP contribution >= 0.6 is 0 Å². The molecule has 0 aliphatic rings. The van der Waals surface area contributed by atoms with Crippen molar-refractivity contribution in [3.05, 3.63) is 24.5 Å². The highest BCUT2D eigenvalue weighted by Gasteiger charge is 1.84. The van der Waals surface area contributed by atoms with E-state index in [1.165, 1.54) is 12.2 Å².